The summed E-state index contributed by atoms with van der Waals surface area (Å²) in [5.41, 5.74) is 5.65. The lowest BCUT2D eigenvalue weighted by Gasteiger charge is -1.89. The average molecular weight is 197 g/mol. The van der Waals surface area contributed by atoms with Gasteiger partial charge in [0.15, 0.2) is 11.2 Å². The van der Waals surface area contributed by atoms with Gasteiger partial charge in [-0.2, -0.15) is 4.98 Å². The topological polar surface area (TPSA) is 110 Å². The largest absolute Gasteiger partial charge is 0.388 e. The van der Waals surface area contributed by atoms with Crippen molar-refractivity contribution in [3.05, 3.63) is 16.7 Å². The van der Waals surface area contributed by atoms with Crippen LogP contribution in [0, 0.1) is 0 Å². The van der Waals surface area contributed by atoms with E-state index in [1.54, 1.807) is 14.2 Å². The highest BCUT2D eigenvalue weighted by atomic mass is 16.4. The summed E-state index contributed by atoms with van der Waals surface area (Å²) in [6, 6.07) is 0. The number of nitrogen functional groups attached to an aromatic ring is 1. The van der Waals surface area contributed by atoms with Crippen molar-refractivity contribution < 1.29 is 4.74 Å². The lowest BCUT2D eigenvalue weighted by Crippen LogP contribution is -2.10. The normalized spacial score (nSPS) is 9.57. The number of imidazole rings is 1. The Balaban J connectivity index is 0.000000293. The minimum Gasteiger partial charge on any atom is -0.388 e. The maximum atomic E-state index is 11.0. The third-order valence-corrected chi connectivity index (χ3v) is 1.31. The highest BCUT2D eigenvalue weighted by molar-refractivity contribution is 5.69. The van der Waals surface area contributed by atoms with Gasteiger partial charge in [0, 0.05) is 14.2 Å². The van der Waals surface area contributed by atoms with Gasteiger partial charge >= 0.3 is 0 Å². The molecule has 2 heterocycles. The maximum absolute atomic E-state index is 11.0. The van der Waals surface area contributed by atoms with Gasteiger partial charge in [-0.15, -0.1) is 0 Å². The number of nitrogens with zero attached hydrogens (tertiary/aromatic N) is 2. The lowest BCUT2D eigenvalue weighted by molar-refractivity contribution is 0.277. The number of anilines is 1. The van der Waals surface area contributed by atoms with Crippen LogP contribution in [-0.2, 0) is 4.74 Å². The van der Waals surface area contributed by atoms with Crippen LogP contribution in [0.4, 0.5) is 5.95 Å². The van der Waals surface area contributed by atoms with Gasteiger partial charge in [0.2, 0.25) is 5.95 Å². The summed E-state index contributed by atoms with van der Waals surface area (Å²) in [7, 11) is 3.25. The van der Waals surface area contributed by atoms with E-state index in [-0.39, 0.29) is 11.5 Å². The van der Waals surface area contributed by atoms with Crippen LogP contribution in [0.5, 0.6) is 0 Å². The van der Waals surface area contributed by atoms with Crippen molar-refractivity contribution in [2.75, 3.05) is 20.0 Å². The Labute approximate surface area is 79.3 Å². The molecule has 2 aromatic heterocycles. The molecule has 0 aliphatic carbocycles. The number of fused-ring (bicyclic) bond motifs is 1. The fourth-order valence-electron chi connectivity index (χ4n) is 0.860. The van der Waals surface area contributed by atoms with Crippen molar-refractivity contribution in [1.29, 1.82) is 0 Å². The Kier molecular flexibility index (Phi) is 3.19. The Hall–Kier alpha value is -1.89. The summed E-state index contributed by atoms with van der Waals surface area (Å²) >= 11 is 0. The Morgan fingerprint density at radius 1 is 1.50 bits per heavy atom. The van der Waals surface area contributed by atoms with Crippen molar-refractivity contribution in [3.8, 4) is 0 Å². The van der Waals surface area contributed by atoms with Gasteiger partial charge in [0.25, 0.3) is 5.56 Å². The first-order valence-electron chi connectivity index (χ1n) is 3.78. The number of hydrogen-bond acceptors (Lipinski definition) is 5. The van der Waals surface area contributed by atoms with Gasteiger partial charge in [-0.1, -0.05) is 0 Å². The molecule has 0 atom stereocenters. The number of hydrogen-bond donors (Lipinski definition) is 3. The summed E-state index contributed by atoms with van der Waals surface area (Å²) in [5, 5.41) is 0. The van der Waals surface area contributed by atoms with Crippen LogP contribution in [0.25, 0.3) is 11.2 Å². The second kappa shape index (κ2) is 4.38. The van der Waals surface area contributed by atoms with Crippen molar-refractivity contribution >= 4 is 17.1 Å². The standard InChI is InChI=1S/C5H5N5O.C2H6O/c6-5-9-3-2(4(11)10-5)7-1-8-3;1-3-2/h1H,(H4,6,7,8,9,10,11);1-2H3. The van der Waals surface area contributed by atoms with E-state index in [1.165, 1.54) is 6.33 Å². The number of nitrogens with one attached hydrogen (secondary N) is 2. The number of methoxy groups -OCH3 is 1. The van der Waals surface area contributed by atoms with Gasteiger partial charge in [0.05, 0.1) is 6.33 Å². The van der Waals surface area contributed by atoms with Gasteiger partial charge in [0.1, 0.15) is 0 Å². The SMILES string of the molecule is COC.Nc1nc2nc[nH]c2c(=O)[nH]1. The quantitative estimate of drug-likeness (QED) is 0.527. The predicted molar refractivity (Wildman–Crippen MR) is 51.9 cm³/mol. The van der Waals surface area contributed by atoms with Crippen molar-refractivity contribution in [3.63, 3.8) is 0 Å². The Morgan fingerprint density at radius 2 is 2.14 bits per heavy atom. The first kappa shape index (κ1) is 10.2. The van der Waals surface area contributed by atoms with E-state index in [9.17, 15) is 4.79 Å². The zero-order chi connectivity index (χ0) is 10.6. The Bertz CT molecular complexity index is 460. The van der Waals surface area contributed by atoms with Crippen LogP contribution in [0.1, 0.15) is 0 Å². The number of H-pyrrole nitrogens is 2. The average Bonchev–Trinajstić information content (AvgIpc) is 2.53. The van der Waals surface area contributed by atoms with Crippen LogP contribution < -0.4 is 11.3 Å². The minimum absolute atomic E-state index is 0.0783. The maximum Gasteiger partial charge on any atom is 0.278 e. The lowest BCUT2D eigenvalue weighted by atomic mass is 10.5. The smallest absolute Gasteiger partial charge is 0.278 e. The van der Waals surface area contributed by atoms with E-state index < -0.39 is 0 Å². The third-order valence-electron chi connectivity index (χ3n) is 1.31. The van der Waals surface area contributed by atoms with Crippen LogP contribution in [-0.4, -0.2) is 34.2 Å². The molecule has 0 unspecified atom stereocenters. The number of aromatic nitrogens is 4. The summed E-state index contributed by atoms with van der Waals surface area (Å²) in [6.45, 7) is 0. The van der Waals surface area contributed by atoms with E-state index in [2.05, 4.69) is 24.7 Å². The Morgan fingerprint density at radius 3 is 2.79 bits per heavy atom. The van der Waals surface area contributed by atoms with E-state index in [0.717, 1.165) is 0 Å². The molecule has 0 aromatic carbocycles. The number of rotatable bonds is 0. The van der Waals surface area contributed by atoms with Crippen LogP contribution in [0.2, 0.25) is 0 Å². The molecule has 4 N–H and O–H groups in total. The highest BCUT2D eigenvalue weighted by Gasteiger charge is 2.01. The molecular weight excluding hydrogens is 186 g/mol. The van der Waals surface area contributed by atoms with Gasteiger partial charge in [-0.3, -0.25) is 9.78 Å². The van der Waals surface area contributed by atoms with E-state index in [4.69, 9.17) is 5.73 Å². The fourth-order valence-corrected chi connectivity index (χ4v) is 0.860. The molecule has 0 aliphatic heterocycles. The van der Waals surface area contributed by atoms with Crippen LogP contribution in [0.15, 0.2) is 11.1 Å². The summed E-state index contributed by atoms with van der Waals surface area (Å²) in [5.74, 6) is 0.0783. The summed E-state index contributed by atoms with van der Waals surface area (Å²) in [4.78, 5) is 23.5. The first-order valence-corrected chi connectivity index (χ1v) is 3.78. The monoisotopic (exact) mass is 197 g/mol. The van der Waals surface area contributed by atoms with E-state index >= 15 is 0 Å². The molecule has 2 aromatic rings. The van der Waals surface area contributed by atoms with Gasteiger partial charge < -0.3 is 15.5 Å². The molecule has 0 aliphatic rings. The summed E-state index contributed by atoms with van der Waals surface area (Å²) in [6.07, 6.45) is 1.40. The highest BCUT2D eigenvalue weighted by Crippen LogP contribution is 1.98. The molecule has 0 amide bonds. The molecular formula is C7H11N5O2. The number of nitrogens with two attached hydrogens (primary N) is 1. The molecule has 7 heteroatoms. The van der Waals surface area contributed by atoms with E-state index in [1.807, 2.05) is 0 Å². The van der Waals surface area contributed by atoms with Crippen molar-refractivity contribution in [2.45, 2.75) is 0 Å². The second-order valence-electron chi connectivity index (χ2n) is 2.46. The summed E-state index contributed by atoms with van der Waals surface area (Å²) < 4.78 is 4.25. The zero-order valence-corrected chi connectivity index (χ0v) is 7.87. The van der Waals surface area contributed by atoms with Gasteiger partial charge in [-0.05, 0) is 0 Å². The first-order chi connectivity index (χ1) is 6.69. The van der Waals surface area contributed by atoms with Crippen molar-refractivity contribution in [2.24, 2.45) is 0 Å². The molecule has 2 rings (SSSR count). The number of ether oxygens (including phenoxy) is 1. The zero-order valence-electron chi connectivity index (χ0n) is 7.87. The molecule has 14 heavy (non-hydrogen) atoms. The fraction of sp³-hybridized carbons (Fsp3) is 0.286. The molecule has 7 nitrogen and oxygen atoms in total. The molecule has 0 saturated carbocycles. The van der Waals surface area contributed by atoms with E-state index in [0.29, 0.717) is 11.2 Å². The molecule has 0 spiro atoms. The van der Waals surface area contributed by atoms with Crippen LogP contribution >= 0.6 is 0 Å². The molecule has 76 valence electrons. The molecule has 0 fully saturated rings. The minimum atomic E-state index is -0.301. The second-order valence-corrected chi connectivity index (χ2v) is 2.46. The van der Waals surface area contributed by atoms with Crippen molar-refractivity contribution in [1.82, 2.24) is 19.9 Å². The predicted octanol–water partition coefficient (Wildman–Crippen LogP) is -0.509. The molecule has 0 saturated heterocycles. The molecule has 0 radical (unpaired) electrons. The third kappa shape index (κ3) is 2.07. The number of aromatic amines is 2. The van der Waals surface area contributed by atoms with Gasteiger partial charge in [-0.25, -0.2) is 4.98 Å². The van der Waals surface area contributed by atoms with Crippen LogP contribution in [0.3, 0.4) is 0 Å². The molecule has 0 bridgehead atoms.